The molecule has 10 heteroatoms. The number of hydrogen-bond acceptors (Lipinski definition) is 8. The predicted octanol–water partition coefficient (Wildman–Crippen LogP) is 4.37. The predicted molar refractivity (Wildman–Crippen MR) is 144 cm³/mol. The maximum absolute atomic E-state index is 13.2. The Bertz CT molecular complexity index is 1330. The first-order chi connectivity index (χ1) is 17.7. The fraction of sp³-hybridized carbons (Fsp3) is 0.385. The van der Waals surface area contributed by atoms with Crippen molar-refractivity contribution in [3.05, 3.63) is 48.2 Å². The van der Waals surface area contributed by atoms with Crippen LogP contribution < -0.4 is 15.4 Å². The van der Waals surface area contributed by atoms with E-state index in [4.69, 9.17) is 14.5 Å². The Hall–Kier alpha value is -3.37. The standard InChI is InChI=1S/C26H32N6O3S/c1-4-16-36-26-30-23(27-13-15-34-3)20-17-29-32(24(20)31-26)14-12-28-25(33)22-19-9-7-6-8-18(19)10-11-21(22)35-5-2/h6-11,17H,4-5,12-16H2,1-3H3,(H,28,33)(H,27,30,31). The molecule has 0 saturated carbocycles. The Labute approximate surface area is 215 Å². The molecule has 0 bridgehead atoms. The fourth-order valence-electron chi connectivity index (χ4n) is 3.89. The van der Waals surface area contributed by atoms with Gasteiger partial charge in [-0.2, -0.15) is 5.10 Å². The molecule has 0 aliphatic rings. The van der Waals surface area contributed by atoms with E-state index in [1.54, 1.807) is 29.8 Å². The normalized spacial score (nSPS) is 11.2. The number of hydrogen-bond donors (Lipinski definition) is 2. The first-order valence-corrected chi connectivity index (χ1v) is 13.2. The van der Waals surface area contributed by atoms with Gasteiger partial charge < -0.3 is 20.1 Å². The van der Waals surface area contributed by atoms with Crippen molar-refractivity contribution in [3.63, 3.8) is 0 Å². The SMILES string of the molecule is CCCSc1nc(NCCOC)c2cnn(CCNC(=O)c3c(OCC)ccc4ccccc34)c2n1. The lowest BCUT2D eigenvalue weighted by Gasteiger charge is -2.14. The molecular formula is C26H32N6O3S. The molecule has 0 fully saturated rings. The molecule has 0 atom stereocenters. The minimum Gasteiger partial charge on any atom is -0.493 e. The first kappa shape index (κ1) is 25.7. The van der Waals surface area contributed by atoms with E-state index >= 15 is 0 Å². The molecule has 2 aromatic heterocycles. The summed E-state index contributed by atoms with van der Waals surface area (Å²) in [5.41, 5.74) is 1.28. The molecule has 190 valence electrons. The van der Waals surface area contributed by atoms with Crippen LogP contribution in [-0.2, 0) is 11.3 Å². The van der Waals surface area contributed by atoms with E-state index in [0.29, 0.717) is 49.3 Å². The van der Waals surface area contributed by atoms with E-state index in [-0.39, 0.29) is 5.91 Å². The molecule has 4 aromatic rings. The van der Waals surface area contributed by atoms with Crippen molar-refractivity contribution < 1.29 is 14.3 Å². The summed E-state index contributed by atoms with van der Waals surface area (Å²) in [5.74, 6) is 2.07. The van der Waals surface area contributed by atoms with Gasteiger partial charge in [0.25, 0.3) is 5.91 Å². The Balaban J connectivity index is 1.53. The van der Waals surface area contributed by atoms with Crippen LogP contribution in [0.15, 0.2) is 47.8 Å². The van der Waals surface area contributed by atoms with Gasteiger partial charge in [-0.1, -0.05) is 49.0 Å². The van der Waals surface area contributed by atoms with Crippen LogP contribution in [0.25, 0.3) is 21.8 Å². The number of benzene rings is 2. The lowest BCUT2D eigenvalue weighted by atomic mass is 10.0. The van der Waals surface area contributed by atoms with E-state index in [2.05, 4.69) is 27.6 Å². The number of anilines is 1. The van der Waals surface area contributed by atoms with Crippen LogP contribution in [0.3, 0.4) is 0 Å². The summed E-state index contributed by atoms with van der Waals surface area (Å²) >= 11 is 1.62. The van der Waals surface area contributed by atoms with E-state index in [9.17, 15) is 4.79 Å². The topological polar surface area (TPSA) is 103 Å². The number of thioether (sulfide) groups is 1. The zero-order chi connectivity index (χ0) is 25.3. The van der Waals surface area contributed by atoms with E-state index in [1.165, 1.54) is 0 Å². The average Bonchev–Trinajstić information content (AvgIpc) is 3.30. The number of nitrogens with one attached hydrogen (secondary N) is 2. The zero-order valence-electron chi connectivity index (χ0n) is 20.9. The van der Waals surface area contributed by atoms with Gasteiger partial charge in [0.2, 0.25) is 0 Å². The van der Waals surface area contributed by atoms with Gasteiger partial charge in [-0.25, -0.2) is 14.6 Å². The molecule has 2 heterocycles. The molecule has 0 radical (unpaired) electrons. The van der Waals surface area contributed by atoms with Crippen LogP contribution >= 0.6 is 11.8 Å². The van der Waals surface area contributed by atoms with Crippen LogP contribution in [0, 0.1) is 0 Å². The van der Waals surface area contributed by atoms with Gasteiger partial charge in [-0.3, -0.25) is 4.79 Å². The first-order valence-electron chi connectivity index (χ1n) is 12.2. The molecule has 0 aliphatic carbocycles. The van der Waals surface area contributed by atoms with E-state index in [1.807, 2.05) is 43.3 Å². The number of carbonyl (C=O) groups excluding carboxylic acids is 1. The summed E-state index contributed by atoms with van der Waals surface area (Å²) in [4.78, 5) is 22.7. The number of fused-ring (bicyclic) bond motifs is 2. The molecule has 2 aromatic carbocycles. The molecule has 0 unspecified atom stereocenters. The van der Waals surface area contributed by atoms with Crippen molar-refractivity contribution in [1.82, 2.24) is 25.1 Å². The number of ether oxygens (including phenoxy) is 2. The van der Waals surface area contributed by atoms with Crippen molar-refractivity contribution in [2.24, 2.45) is 0 Å². The highest BCUT2D eigenvalue weighted by atomic mass is 32.2. The molecule has 1 amide bonds. The van der Waals surface area contributed by atoms with Gasteiger partial charge in [-0.05, 0) is 30.2 Å². The quantitative estimate of drug-likeness (QED) is 0.156. The molecule has 0 saturated heterocycles. The highest BCUT2D eigenvalue weighted by Gasteiger charge is 2.17. The lowest BCUT2D eigenvalue weighted by Crippen LogP contribution is -2.28. The molecular weight excluding hydrogens is 476 g/mol. The van der Waals surface area contributed by atoms with Gasteiger partial charge in [0.15, 0.2) is 10.8 Å². The Morgan fingerprint density at radius 2 is 1.94 bits per heavy atom. The van der Waals surface area contributed by atoms with Gasteiger partial charge >= 0.3 is 0 Å². The fourth-order valence-corrected chi connectivity index (χ4v) is 4.58. The third kappa shape index (κ3) is 5.88. The minimum atomic E-state index is -0.178. The largest absolute Gasteiger partial charge is 0.493 e. The summed E-state index contributed by atoms with van der Waals surface area (Å²) < 4.78 is 12.7. The number of amides is 1. The van der Waals surface area contributed by atoms with Crippen LogP contribution in [0.4, 0.5) is 5.82 Å². The minimum absolute atomic E-state index is 0.178. The molecule has 9 nitrogen and oxygen atoms in total. The number of rotatable bonds is 13. The van der Waals surface area contributed by atoms with E-state index < -0.39 is 0 Å². The number of aromatic nitrogens is 4. The van der Waals surface area contributed by atoms with Crippen LogP contribution in [0.5, 0.6) is 5.75 Å². The van der Waals surface area contributed by atoms with Crippen molar-refractivity contribution in [2.45, 2.75) is 32.0 Å². The highest BCUT2D eigenvalue weighted by Crippen LogP contribution is 2.28. The summed E-state index contributed by atoms with van der Waals surface area (Å²) in [6, 6.07) is 11.6. The lowest BCUT2D eigenvalue weighted by molar-refractivity contribution is 0.0950. The maximum Gasteiger partial charge on any atom is 0.255 e. The number of nitrogens with zero attached hydrogens (tertiary/aromatic N) is 4. The summed E-state index contributed by atoms with van der Waals surface area (Å²) in [7, 11) is 1.67. The number of methoxy groups -OCH3 is 1. The molecule has 36 heavy (non-hydrogen) atoms. The van der Waals surface area contributed by atoms with Crippen molar-refractivity contribution in [3.8, 4) is 5.75 Å². The molecule has 0 aliphatic heterocycles. The highest BCUT2D eigenvalue weighted by molar-refractivity contribution is 7.99. The smallest absolute Gasteiger partial charge is 0.255 e. The summed E-state index contributed by atoms with van der Waals surface area (Å²) in [6.45, 7) is 6.58. The Morgan fingerprint density at radius 1 is 1.08 bits per heavy atom. The summed E-state index contributed by atoms with van der Waals surface area (Å²) in [5, 5.41) is 14.3. The Kier molecular flexibility index (Phi) is 8.96. The van der Waals surface area contributed by atoms with Crippen LogP contribution in [-0.4, -0.2) is 64.8 Å². The van der Waals surface area contributed by atoms with Crippen molar-refractivity contribution in [2.75, 3.05) is 44.5 Å². The van der Waals surface area contributed by atoms with Gasteiger partial charge in [-0.15, -0.1) is 0 Å². The second-order valence-corrected chi connectivity index (χ2v) is 9.14. The second-order valence-electron chi connectivity index (χ2n) is 8.08. The third-order valence-electron chi connectivity index (χ3n) is 5.54. The molecule has 2 N–H and O–H groups in total. The maximum atomic E-state index is 13.2. The third-order valence-corrected chi connectivity index (χ3v) is 6.59. The molecule has 0 spiro atoms. The van der Waals surface area contributed by atoms with Gasteiger partial charge in [0.05, 0.1) is 36.9 Å². The molecule has 4 rings (SSSR count). The van der Waals surface area contributed by atoms with Crippen molar-refractivity contribution in [1.29, 1.82) is 0 Å². The van der Waals surface area contributed by atoms with Crippen molar-refractivity contribution >= 4 is 45.3 Å². The second kappa shape index (κ2) is 12.5. The Morgan fingerprint density at radius 3 is 2.75 bits per heavy atom. The zero-order valence-corrected chi connectivity index (χ0v) is 21.7. The summed E-state index contributed by atoms with van der Waals surface area (Å²) in [6.07, 6.45) is 2.79. The van der Waals surface area contributed by atoms with Crippen LogP contribution in [0.2, 0.25) is 0 Å². The average molecular weight is 509 g/mol. The van der Waals surface area contributed by atoms with Gasteiger partial charge in [0, 0.05) is 26.0 Å². The van der Waals surface area contributed by atoms with Gasteiger partial charge in [0.1, 0.15) is 11.6 Å². The number of carbonyl (C=O) groups is 1. The van der Waals surface area contributed by atoms with E-state index in [0.717, 1.165) is 39.8 Å². The van der Waals surface area contributed by atoms with Crippen LogP contribution in [0.1, 0.15) is 30.6 Å². The monoisotopic (exact) mass is 508 g/mol.